The second-order valence-corrected chi connectivity index (χ2v) is 6.09. The molecule has 0 saturated heterocycles. The molecule has 0 heterocycles. The van der Waals surface area contributed by atoms with Gasteiger partial charge in [-0.3, -0.25) is 0 Å². The van der Waals surface area contributed by atoms with E-state index >= 15 is 0 Å². The van der Waals surface area contributed by atoms with Crippen molar-refractivity contribution in [1.82, 2.24) is 10.6 Å². The van der Waals surface area contributed by atoms with Crippen LogP contribution in [0.15, 0.2) is 53.5 Å². The molecule has 5 nitrogen and oxygen atoms in total. The van der Waals surface area contributed by atoms with Crippen molar-refractivity contribution in [3.8, 4) is 11.5 Å². The summed E-state index contributed by atoms with van der Waals surface area (Å²) in [5.74, 6) is 2.00. The Bertz CT molecular complexity index is 667. The Morgan fingerprint density at radius 2 is 1.65 bits per heavy atom. The third kappa shape index (κ3) is 7.05. The number of hydrogen-bond donors (Lipinski definition) is 3. The van der Waals surface area contributed by atoms with Crippen molar-refractivity contribution < 1.29 is 9.84 Å². The number of phenols is 1. The molecule has 2 rings (SSSR count). The molecule has 0 aliphatic rings. The first-order chi connectivity index (χ1) is 12.7. The van der Waals surface area contributed by atoms with E-state index in [0.29, 0.717) is 6.54 Å². The maximum atomic E-state index is 9.33. The summed E-state index contributed by atoms with van der Waals surface area (Å²) in [4.78, 5) is 4.59. The van der Waals surface area contributed by atoms with Crippen LogP contribution in [0.5, 0.6) is 11.5 Å². The second-order valence-electron chi connectivity index (χ2n) is 6.09. The van der Waals surface area contributed by atoms with E-state index < -0.39 is 0 Å². The highest BCUT2D eigenvalue weighted by atomic mass is 16.5. The van der Waals surface area contributed by atoms with Gasteiger partial charge in [0.15, 0.2) is 5.96 Å². The smallest absolute Gasteiger partial charge is 0.191 e. The van der Waals surface area contributed by atoms with Gasteiger partial charge >= 0.3 is 0 Å². The third-order valence-corrected chi connectivity index (χ3v) is 4.04. The average molecular weight is 355 g/mol. The molecule has 0 aliphatic heterocycles. The lowest BCUT2D eigenvalue weighted by molar-refractivity contribution is 0.414. The van der Waals surface area contributed by atoms with E-state index in [1.54, 1.807) is 19.2 Å². The molecule has 3 N–H and O–H groups in total. The molecule has 2 aromatic rings. The Labute approximate surface area is 156 Å². The van der Waals surface area contributed by atoms with Crippen molar-refractivity contribution in [3.05, 3.63) is 59.7 Å². The lowest BCUT2D eigenvalue weighted by Crippen LogP contribution is -2.37. The van der Waals surface area contributed by atoms with E-state index in [1.165, 1.54) is 5.56 Å². The molecule has 0 saturated carbocycles. The Balaban J connectivity index is 1.71. The highest BCUT2D eigenvalue weighted by Gasteiger charge is 1.99. The summed E-state index contributed by atoms with van der Waals surface area (Å²) in [6, 6.07) is 15.4. The Hall–Kier alpha value is -2.69. The summed E-state index contributed by atoms with van der Waals surface area (Å²) in [5.41, 5.74) is 2.40. The van der Waals surface area contributed by atoms with Crippen LogP contribution in [0.4, 0.5) is 0 Å². The molecule has 2 aromatic carbocycles. The minimum Gasteiger partial charge on any atom is -0.508 e. The van der Waals surface area contributed by atoms with Crippen LogP contribution in [-0.2, 0) is 13.0 Å². The van der Waals surface area contributed by atoms with Gasteiger partial charge in [0.05, 0.1) is 13.7 Å². The van der Waals surface area contributed by atoms with Crippen molar-refractivity contribution >= 4 is 5.96 Å². The van der Waals surface area contributed by atoms with Gasteiger partial charge in [-0.05, 0) is 61.6 Å². The van der Waals surface area contributed by atoms with Gasteiger partial charge in [0.2, 0.25) is 0 Å². The zero-order valence-electron chi connectivity index (χ0n) is 15.7. The molecule has 0 spiro atoms. The van der Waals surface area contributed by atoms with Crippen LogP contribution in [0.25, 0.3) is 0 Å². The number of unbranched alkanes of at least 4 members (excludes halogenated alkanes) is 1. The summed E-state index contributed by atoms with van der Waals surface area (Å²) in [6.07, 6.45) is 3.26. The topological polar surface area (TPSA) is 65.9 Å². The largest absolute Gasteiger partial charge is 0.508 e. The van der Waals surface area contributed by atoms with Crippen LogP contribution in [0.3, 0.4) is 0 Å². The zero-order chi connectivity index (χ0) is 18.6. The molecule has 0 fully saturated rings. The van der Waals surface area contributed by atoms with Gasteiger partial charge in [0, 0.05) is 13.1 Å². The number of rotatable bonds is 9. The van der Waals surface area contributed by atoms with Crippen LogP contribution in [0, 0.1) is 0 Å². The van der Waals surface area contributed by atoms with E-state index in [4.69, 9.17) is 4.74 Å². The average Bonchev–Trinajstić information content (AvgIpc) is 2.67. The Morgan fingerprint density at radius 1 is 0.962 bits per heavy atom. The van der Waals surface area contributed by atoms with Gasteiger partial charge in [0.25, 0.3) is 0 Å². The molecule has 0 bridgehead atoms. The number of nitrogens with one attached hydrogen (secondary N) is 2. The number of hydrogen-bond acceptors (Lipinski definition) is 3. The summed E-state index contributed by atoms with van der Waals surface area (Å²) >= 11 is 0. The fourth-order valence-corrected chi connectivity index (χ4v) is 2.57. The molecular weight excluding hydrogens is 326 g/mol. The predicted molar refractivity (Wildman–Crippen MR) is 107 cm³/mol. The zero-order valence-corrected chi connectivity index (χ0v) is 15.7. The highest BCUT2D eigenvalue weighted by Crippen LogP contribution is 2.13. The van der Waals surface area contributed by atoms with E-state index in [0.717, 1.165) is 49.6 Å². The van der Waals surface area contributed by atoms with Crippen LogP contribution < -0.4 is 15.4 Å². The van der Waals surface area contributed by atoms with Crippen molar-refractivity contribution in [1.29, 1.82) is 0 Å². The van der Waals surface area contributed by atoms with Gasteiger partial charge in [-0.2, -0.15) is 0 Å². The summed E-state index contributed by atoms with van der Waals surface area (Å²) in [6.45, 7) is 4.35. The molecule has 0 atom stereocenters. The van der Waals surface area contributed by atoms with Gasteiger partial charge < -0.3 is 20.5 Å². The molecular formula is C21H29N3O2. The van der Waals surface area contributed by atoms with Gasteiger partial charge in [0.1, 0.15) is 11.5 Å². The predicted octanol–water partition coefficient (Wildman–Crippen LogP) is 3.48. The lowest BCUT2D eigenvalue weighted by atomic mass is 10.1. The van der Waals surface area contributed by atoms with Crippen LogP contribution in [-0.4, -0.2) is 31.3 Å². The fourth-order valence-electron chi connectivity index (χ4n) is 2.57. The van der Waals surface area contributed by atoms with Crippen molar-refractivity contribution in [2.75, 3.05) is 20.2 Å². The minimum atomic E-state index is 0.277. The number of phenolic OH excluding ortho intramolecular Hbond substituents is 1. The summed E-state index contributed by atoms with van der Waals surface area (Å²) in [5, 5.41) is 16.0. The fraction of sp³-hybridized carbons (Fsp3) is 0.381. The first kappa shape index (κ1) is 19.6. The molecule has 0 aliphatic carbocycles. The Morgan fingerprint density at radius 3 is 2.31 bits per heavy atom. The van der Waals surface area contributed by atoms with Crippen LogP contribution >= 0.6 is 0 Å². The number of guanidine groups is 1. The molecule has 0 aromatic heterocycles. The van der Waals surface area contributed by atoms with Gasteiger partial charge in [-0.15, -0.1) is 0 Å². The van der Waals surface area contributed by atoms with Gasteiger partial charge in [-0.1, -0.05) is 24.3 Å². The monoisotopic (exact) mass is 355 g/mol. The SMILES string of the molecule is CCNC(=NCc1ccc(O)cc1)NCCCCc1ccc(OC)cc1. The van der Waals surface area contributed by atoms with E-state index in [1.807, 2.05) is 24.3 Å². The standard InChI is InChI=1S/C21H29N3O2/c1-3-22-21(24-16-18-7-11-19(25)12-8-18)23-15-5-4-6-17-9-13-20(26-2)14-10-17/h7-14,25H,3-6,15-16H2,1-2H3,(H2,22,23,24). The molecule has 0 unspecified atom stereocenters. The summed E-state index contributed by atoms with van der Waals surface area (Å²) < 4.78 is 5.18. The number of aliphatic imine (C=N–C) groups is 1. The number of ether oxygens (including phenoxy) is 1. The van der Waals surface area contributed by atoms with Crippen LogP contribution in [0.1, 0.15) is 30.9 Å². The summed E-state index contributed by atoms with van der Waals surface area (Å²) in [7, 11) is 1.69. The van der Waals surface area contributed by atoms with Crippen molar-refractivity contribution in [2.24, 2.45) is 4.99 Å². The van der Waals surface area contributed by atoms with Gasteiger partial charge in [-0.25, -0.2) is 4.99 Å². The lowest BCUT2D eigenvalue weighted by Gasteiger charge is -2.11. The van der Waals surface area contributed by atoms with E-state index in [2.05, 4.69) is 34.7 Å². The maximum Gasteiger partial charge on any atom is 0.191 e. The molecule has 140 valence electrons. The van der Waals surface area contributed by atoms with E-state index in [-0.39, 0.29) is 5.75 Å². The maximum absolute atomic E-state index is 9.33. The highest BCUT2D eigenvalue weighted by molar-refractivity contribution is 5.79. The number of aryl methyl sites for hydroxylation is 1. The molecule has 0 amide bonds. The first-order valence-corrected chi connectivity index (χ1v) is 9.14. The molecule has 0 radical (unpaired) electrons. The second kappa shape index (κ2) is 11.0. The van der Waals surface area contributed by atoms with Crippen LogP contribution in [0.2, 0.25) is 0 Å². The number of methoxy groups -OCH3 is 1. The third-order valence-electron chi connectivity index (χ3n) is 4.04. The quantitative estimate of drug-likeness (QED) is 0.366. The number of aromatic hydroxyl groups is 1. The van der Waals surface area contributed by atoms with E-state index in [9.17, 15) is 5.11 Å². The van der Waals surface area contributed by atoms with Crippen molar-refractivity contribution in [2.45, 2.75) is 32.7 Å². The Kier molecular flexibility index (Phi) is 8.33. The van der Waals surface area contributed by atoms with Crippen molar-refractivity contribution in [3.63, 3.8) is 0 Å². The minimum absolute atomic E-state index is 0.277. The molecule has 26 heavy (non-hydrogen) atoms. The molecule has 5 heteroatoms. The number of benzene rings is 2. The normalized spacial score (nSPS) is 11.2. The first-order valence-electron chi connectivity index (χ1n) is 9.14. The number of nitrogens with zero attached hydrogens (tertiary/aromatic N) is 1.